The molecule has 0 unspecified atom stereocenters. The van der Waals surface area contributed by atoms with Gasteiger partial charge in [0.15, 0.2) is 0 Å². The molecule has 0 spiro atoms. The second-order valence-electron chi connectivity index (χ2n) is 9.80. The van der Waals surface area contributed by atoms with E-state index in [0.29, 0.717) is 28.0 Å². The highest BCUT2D eigenvalue weighted by molar-refractivity contribution is 8.00. The molecule has 41 heavy (non-hydrogen) atoms. The number of aromatic nitrogens is 2. The van der Waals surface area contributed by atoms with Crippen molar-refractivity contribution in [2.45, 2.75) is 31.6 Å². The summed E-state index contributed by atoms with van der Waals surface area (Å²) >= 11 is 7.64. The van der Waals surface area contributed by atoms with E-state index in [1.807, 2.05) is 50.2 Å². The molecule has 1 aromatic heterocycles. The summed E-state index contributed by atoms with van der Waals surface area (Å²) in [5.41, 5.74) is 3.69. The van der Waals surface area contributed by atoms with E-state index in [1.54, 1.807) is 36.1 Å². The van der Waals surface area contributed by atoms with Crippen LogP contribution in [-0.4, -0.2) is 47.0 Å². The van der Waals surface area contributed by atoms with Gasteiger partial charge in [-0.05, 0) is 67.4 Å². The third-order valence-corrected chi connectivity index (χ3v) is 8.52. The number of nitrogens with zero attached hydrogens (tertiary/aromatic N) is 3. The number of methoxy groups -OCH3 is 1. The van der Waals surface area contributed by atoms with Gasteiger partial charge >= 0.3 is 0 Å². The molecule has 2 atom stereocenters. The number of hydrogen-bond donors (Lipinski definition) is 1. The number of amides is 2. The minimum atomic E-state index is -0.366. The van der Waals surface area contributed by atoms with E-state index in [1.165, 1.54) is 28.8 Å². The molecule has 0 bridgehead atoms. The van der Waals surface area contributed by atoms with E-state index in [4.69, 9.17) is 21.4 Å². The molecular formula is C31H30ClFN4O3S. The number of carbonyl (C=O) groups is 2. The van der Waals surface area contributed by atoms with Crippen LogP contribution in [0.25, 0.3) is 16.9 Å². The van der Waals surface area contributed by atoms with Crippen LogP contribution in [0.4, 0.5) is 10.2 Å². The summed E-state index contributed by atoms with van der Waals surface area (Å²) in [6.45, 7) is 3.74. The highest BCUT2D eigenvalue weighted by Gasteiger charge is 2.37. The van der Waals surface area contributed by atoms with Crippen LogP contribution in [0, 0.1) is 5.82 Å². The largest absolute Gasteiger partial charge is 0.497 e. The molecule has 5 rings (SSSR count). The van der Waals surface area contributed by atoms with Gasteiger partial charge in [-0.1, -0.05) is 42.8 Å². The average molecular weight is 593 g/mol. The first-order valence-corrected chi connectivity index (χ1v) is 14.7. The van der Waals surface area contributed by atoms with Crippen LogP contribution in [0.2, 0.25) is 5.02 Å². The highest BCUT2D eigenvalue weighted by Crippen LogP contribution is 2.48. The smallest absolute Gasteiger partial charge is 0.240 e. The normalized spacial score (nSPS) is 15.7. The van der Waals surface area contributed by atoms with E-state index in [0.717, 1.165) is 23.1 Å². The van der Waals surface area contributed by atoms with Gasteiger partial charge in [0.2, 0.25) is 11.8 Å². The van der Waals surface area contributed by atoms with Crippen LogP contribution in [0.15, 0.2) is 72.8 Å². The van der Waals surface area contributed by atoms with Gasteiger partial charge in [0.25, 0.3) is 0 Å². The maximum absolute atomic E-state index is 13.9. The highest BCUT2D eigenvalue weighted by atomic mass is 35.5. The van der Waals surface area contributed by atoms with Gasteiger partial charge < -0.3 is 10.1 Å². The van der Waals surface area contributed by atoms with E-state index < -0.39 is 0 Å². The fourth-order valence-corrected chi connectivity index (χ4v) is 6.03. The van der Waals surface area contributed by atoms with Gasteiger partial charge in [-0.25, -0.2) is 9.07 Å². The quantitative estimate of drug-likeness (QED) is 0.255. The first-order valence-electron chi connectivity index (χ1n) is 13.3. The summed E-state index contributed by atoms with van der Waals surface area (Å²) in [4.78, 5) is 28.4. The molecule has 4 aromatic rings. The lowest BCUT2D eigenvalue weighted by Crippen LogP contribution is -2.44. The SMILES string of the molecule is CC[C@H](C)NC(=O)CN1C(=O)CS[C@@H](c2ccc(F)cc2)c2c(-c3ccc(Cl)cc3)nn(-c3ccc(OC)cc3)c21. The standard InChI is InChI=1S/C31H30ClFN4O3S/c1-4-19(2)34-26(38)17-36-27(39)18-41-30(21-7-11-23(33)12-8-21)28-29(20-5-9-22(32)10-6-20)35-37(31(28)36)24-13-15-25(40-3)16-14-24/h5-16,19,30H,4,17-18H2,1-3H3,(H,34,38)/t19-,30-/m0/s1. The molecule has 2 amide bonds. The van der Waals surface area contributed by atoms with Crippen LogP contribution < -0.4 is 15.0 Å². The fraction of sp³-hybridized carbons (Fsp3) is 0.258. The van der Waals surface area contributed by atoms with Crippen molar-refractivity contribution in [2.24, 2.45) is 0 Å². The Hall–Kier alpha value is -3.82. The van der Waals surface area contributed by atoms with Crippen molar-refractivity contribution in [3.63, 3.8) is 0 Å². The van der Waals surface area contributed by atoms with Gasteiger partial charge in [0, 0.05) is 22.2 Å². The minimum absolute atomic E-state index is 0.0403. The van der Waals surface area contributed by atoms with E-state index >= 15 is 0 Å². The number of hydrogen-bond acceptors (Lipinski definition) is 5. The van der Waals surface area contributed by atoms with Crippen LogP contribution in [0.3, 0.4) is 0 Å². The molecule has 1 N–H and O–H groups in total. The fourth-order valence-electron chi connectivity index (χ4n) is 4.71. The predicted molar refractivity (Wildman–Crippen MR) is 162 cm³/mol. The van der Waals surface area contributed by atoms with Crippen molar-refractivity contribution in [1.82, 2.24) is 15.1 Å². The van der Waals surface area contributed by atoms with Crippen LogP contribution >= 0.6 is 23.4 Å². The molecule has 0 fully saturated rings. The third kappa shape index (κ3) is 6.11. The average Bonchev–Trinajstić information content (AvgIpc) is 3.30. The molecular weight excluding hydrogens is 563 g/mol. The van der Waals surface area contributed by atoms with E-state index in [2.05, 4.69) is 5.32 Å². The van der Waals surface area contributed by atoms with Gasteiger partial charge in [-0.3, -0.25) is 14.5 Å². The topological polar surface area (TPSA) is 76.5 Å². The Kier molecular flexibility index (Phi) is 8.65. The first kappa shape index (κ1) is 28.7. The van der Waals surface area contributed by atoms with Crippen LogP contribution in [-0.2, 0) is 9.59 Å². The van der Waals surface area contributed by atoms with E-state index in [-0.39, 0.29) is 41.2 Å². The molecule has 7 nitrogen and oxygen atoms in total. The molecule has 0 saturated heterocycles. The number of benzene rings is 3. The first-order chi connectivity index (χ1) is 19.8. The van der Waals surface area contributed by atoms with Crippen molar-refractivity contribution in [3.05, 3.63) is 94.8 Å². The van der Waals surface area contributed by atoms with Crippen molar-refractivity contribution in [1.29, 1.82) is 0 Å². The maximum atomic E-state index is 13.9. The summed E-state index contributed by atoms with van der Waals surface area (Å²) < 4.78 is 21.0. The number of anilines is 1. The van der Waals surface area contributed by atoms with Gasteiger partial charge in [-0.2, -0.15) is 5.10 Å². The van der Waals surface area contributed by atoms with Crippen molar-refractivity contribution >= 4 is 41.0 Å². The second kappa shape index (κ2) is 12.4. The summed E-state index contributed by atoms with van der Waals surface area (Å²) in [6, 6.07) is 20.9. The van der Waals surface area contributed by atoms with Crippen LogP contribution in [0.1, 0.15) is 36.6 Å². The Bertz CT molecular complexity index is 1540. The minimum Gasteiger partial charge on any atom is -0.497 e. The summed E-state index contributed by atoms with van der Waals surface area (Å²) in [5, 5.41) is 8.23. The Balaban J connectivity index is 1.77. The molecule has 1 aliphatic rings. The van der Waals surface area contributed by atoms with Gasteiger partial charge in [-0.15, -0.1) is 11.8 Å². The number of rotatable bonds is 8. The summed E-state index contributed by atoms with van der Waals surface area (Å²) in [5.74, 6) is 0.445. The number of carbonyl (C=O) groups excluding carboxylic acids is 2. The van der Waals surface area contributed by atoms with Gasteiger partial charge in [0.05, 0.1) is 29.5 Å². The van der Waals surface area contributed by atoms with Crippen molar-refractivity contribution < 1.29 is 18.7 Å². The second-order valence-corrected chi connectivity index (χ2v) is 11.3. The molecule has 0 aliphatic carbocycles. The maximum Gasteiger partial charge on any atom is 0.240 e. The Morgan fingerprint density at radius 2 is 1.80 bits per heavy atom. The summed E-state index contributed by atoms with van der Waals surface area (Å²) in [6.07, 6.45) is 0.762. The number of fused-ring (bicyclic) bond motifs is 1. The molecule has 0 saturated carbocycles. The number of halogens is 2. The Labute approximate surface area is 247 Å². The number of nitrogens with one attached hydrogen (secondary N) is 1. The molecule has 1 aliphatic heterocycles. The Morgan fingerprint density at radius 1 is 1.12 bits per heavy atom. The number of ether oxygens (including phenoxy) is 1. The van der Waals surface area contributed by atoms with Crippen LogP contribution in [0.5, 0.6) is 5.75 Å². The lowest BCUT2D eigenvalue weighted by molar-refractivity contribution is -0.123. The summed E-state index contributed by atoms with van der Waals surface area (Å²) in [7, 11) is 1.59. The predicted octanol–water partition coefficient (Wildman–Crippen LogP) is 6.42. The van der Waals surface area contributed by atoms with Crippen molar-refractivity contribution in [3.8, 4) is 22.7 Å². The lowest BCUT2D eigenvalue weighted by Gasteiger charge is -2.24. The zero-order valence-corrected chi connectivity index (χ0v) is 24.5. The van der Waals surface area contributed by atoms with Crippen molar-refractivity contribution in [2.75, 3.05) is 24.3 Å². The number of thioether (sulfide) groups is 1. The molecule has 10 heteroatoms. The third-order valence-electron chi connectivity index (χ3n) is 7.02. The van der Waals surface area contributed by atoms with E-state index in [9.17, 15) is 14.0 Å². The van der Waals surface area contributed by atoms with Gasteiger partial charge in [0.1, 0.15) is 23.9 Å². The molecule has 3 aromatic carbocycles. The Morgan fingerprint density at radius 3 is 2.44 bits per heavy atom. The lowest BCUT2D eigenvalue weighted by atomic mass is 9.99. The monoisotopic (exact) mass is 592 g/mol. The molecule has 0 radical (unpaired) electrons. The molecule has 2 heterocycles. The zero-order chi connectivity index (χ0) is 29.1. The molecule has 212 valence electrons. The zero-order valence-electron chi connectivity index (χ0n) is 22.9.